The van der Waals surface area contributed by atoms with Crippen molar-refractivity contribution in [1.29, 1.82) is 0 Å². The maximum atomic E-state index is 13.2. The molecule has 0 bridgehead atoms. The molecule has 1 aromatic carbocycles. The van der Waals surface area contributed by atoms with Crippen molar-refractivity contribution in [2.45, 2.75) is 13.1 Å². The Balaban J connectivity index is 2.47. The van der Waals surface area contributed by atoms with Gasteiger partial charge in [0.2, 0.25) is 0 Å². The van der Waals surface area contributed by atoms with Crippen LogP contribution in [0.4, 0.5) is 15.8 Å². The predicted molar refractivity (Wildman–Crippen MR) is 60.7 cm³/mol. The first-order chi connectivity index (χ1) is 7.19. The Hall–Kier alpha value is -1.29. The van der Waals surface area contributed by atoms with Gasteiger partial charge in [0.05, 0.1) is 11.4 Å². The Morgan fingerprint density at radius 3 is 2.73 bits per heavy atom. The number of benzene rings is 1. The van der Waals surface area contributed by atoms with E-state index in [2.05, 4.69) is 16.7 Å². The van der Waals surface area contributed by atoms with E-state index >= 15 is 0 Å². The number of rotatable bonds is 2. The van der Waals surface area contributed by atoms with Gasteiger partial charge in [0.25, 0.3) is 0 Å². The van der Waals surface area contributed by atoms with Gasteiger partial charge in [-0.1, -0.05) is 0 Å². The summed E-state index contributed by atoms with van der Waals surface area (Å²) in [6.07, 6.45) is 0.145. The molecule has 15 heavy (non-hydrogen) atoms. The number of nitrogens with two attached hydrogens (primary N) is 1. The van der Waals surface area contributed by atoms with Crippen LogP contribution in [-0.2, 0) is 0 Å². The maximum absolute atomic E-state index is 13.2. The molecule has 4 heteroatoms. The number of hydrogen-bond donors (Lipinski definition) is 1. The second kappa shape index (κ2) is 3.70. The molecule has 0 saturated carbocycles. The summed E-state index contributed by atoms with van der Waals surface area (Å²) in [6, 6.07) is 4.87. The van der Waals surface area contributed by atoms with Crippen LogP contribution < -0.4 is 15.5 Å². The molecule has 3 nitrogen and oxygen atoms in total. The normalized spacial score (nSPS) is 19.6. The van der Waals surface area contributed by atoms with Crippen LogP contribution in [0.2, 0.25) is 0 Å². The van der Waals surface area contributed by atoms with Gasteiger partial charge in [-0.15, -0.1) is 0 Å². The van der Waals surface area contributed by atoms with Crippen LogP contribution in [0.25, 0.3) is 0 Å². The zero-order chi connectivity index (χ0) is 11.0. The molecule has 1 heterocycles. The summed E-state index contributed by atoms with van der Waals surface area (Å²) in [4.78, 5) is 4.22. The van der Waals surface area contributed by atoms with Crippen molar-refractivity contribution in [3.8, 4) is 0 Å². The van der Waals surface area contributed by atoms with E-state index in [4.69, 9.17) is 5.73 Å². The van der Waals surface area contributed by atoms with E-state index in [9.17, 15) is 4.39 Å². The number of anilines is 2. The van der Waals surface area contributed by atoms with Crippen molar-refractivity contribution < 1.29 is 4.39 Å². The fraction of sp³-hybridized carbons (Fsp3) is 0.455. The summed E-state index contributed by atoms with van der Waals surface area (Å²) < 4.78 is 13.2. The summed E-state index contributed by atoms with van der Waals surface area (Å²) in [5.41, 5.74) is 7.72. The second-order valence-corrected chi connectivity index (χ2v) is 3.75. The fourth-order valence-electron chi connectivity index (χ4n) is 2.22. The van der Waals surface area contributed by atoms with Crippen molar-refractivity contribution in [3.05, 3.63) is 24.0 Å². The van der Waals surface area contributed by atoms with Crippen molar-refractivity contribution in [2.75, 3.05) is 29.9 Å². The molecular formula is C11H16FN3. The third-order valence-corrected chi connectivity index (χ3v) is 2.99. The summed E-state index contributed by atoms with van der Waals surface area (Å²) in [7, 11) is 1.99. The Morgan fingerprint density at radius 2 is 2.13 bits per heavy atom. The molecule has 0 amide bonds. The van der Waals surface area contributed by atoms with E-state index in [0.29, 0.717) is 6.54 Å². The zero-order valence-electron chi connectivity index (χ0n) is 9.07. The van der Waals surface area contributed by atoms with Crippen LogP contribution in [0.3, 0.4) is 0 Å². The number of nitrogens with zero attached hydrogens (tertiary/aromatic N) is 2. The van der Waals surface area contributed by atoms with Gasteiger partial charge < -0.3 is 15.5 Å². The number of likely N-dealkylation sites (N-methyl/N-ethyl adjacent to an activating group) is 2. The Morgan fingerprint density at radius 1 is 1.40 bits per heavy atom. The number of fused-ring (bicyclic) bond motifs is 1. The summed E-state index contributed by atoms with van der Waals surface area (Å²) in [6.45, 7) is 3.43. The van der Waals surface area contributed by atoms with Crippen LogP contribution in [0.15, 0.2) is 18.2 Å². The summed E-state index contributed by atoms with van der Waals surface area (Å²) in [5.74, 6) is -0.196. The van der Waals surface area contributed by atoms with Crippen LogP contribution in [0.5, 0.6) is 0 Å². The molecule has 0 radical (unpaired) electrons. The van der Waals surface area contributed by atoms with E-state index in [0.717, 1.165) is 17.9 Å². The molecule has 2 N–H and O–H groups in total. The highest BCUT2D eigenvalue weighted by Gasteiger charge is 2.31. The lowest BCUT2D eigenvalue weighted by Gasteiger charge is -2.28. The molecule has 0 aliphatic carbocycles. The van der Waals surface area contributed by atoms with Crippen LogP contribution in [0, 0.1) is 5.82 Å². The van der Waals surface area contributed by atoms with Gasteiger partial charge in [-0.05, 0) is 25.1 Å². The van der Waals surface area contributed by atoms with Gasteiger partial charge in [-0.2, -0.15) is 0 Å². The predicted octanol–water partition coefficient (Wildman–Crippen LogP) is 1.39. The first-order valence-electron chi connectivity index (χ1n) is 5.18. The van der Waals surface area contributed by atoms with Crippen molar-refractivity contribution in [3.63, 3.8) is 0 Å². The van der Waals surface area contributed by atoms with E-state index in [1.807, 2.05) is 13.1 Å². The lowest BCUT2D eigenvalue weighted by molar-refractivity contribution is 0.620. The molecule has 0 fully saturated rings. The van der Waals surface area contributed by atoms with Gasteiger partial charge in [0.15, 0.2) is 0 Å². The molecule has 1 atom stereocenters. The van der Waals surface area contributed by atoms with E-state index in [-0.39, 0.29) is 12.0 Å². The minimum atomic E-state index is -0.196. The highest BCUT2D eigenvalue weighted by atomic mass is 19.1. The van der Waals surface area contributed by atoms with E-state index in [1.165, 1.54) is 6.07 Å². The standard InChI is InChI=1S/C11H16FN3/c1-3-15-10-6-8(12)4-5-9(10)14(2)11(15)7-13/h4-6,11H,3,7,13H2,1-2H3. The van der Waals surface area contributed by atoms with E-state index in [1.54, 1.807) is 6.07 Å². The Bertz CT molecular complexity index is 367. The smallest absolute Gasteiger partial charge is 0.125 e. The highest BCUT2D eigenvalue weighted by molar-refractivity contribution is 5.77. The quantitative estimate of drug-likeness (QED) is 0.798. The minimum Gasteiger partial charge on any atom is -0.351 e. The summed E-state index contributed by atoms with van der Waals surface area (Å²) in [5, 5.41) is 0. The average molecular weight is 209 g/mol. The first kappa shape index (κ1) is 10.2. The van der Waals surface area contributed by atoms with Crippen LogP contribution >= 0.6 is 0 Å². The maximum Gasteiger partial charge on any atom is 0.125 e. The molecule has 0 aromatic heterocycles. The molecule has 82 valence electrons. The third-order valence-electron chi connectivity index (χ3n) is 2.99. The molecule has 1 aromatic rings. The van der Waals surface area contributed by atoms with Crippen molar-refractivity contribution in [2.24, 2.45) is 5.73 Å². The Labute approximate surface area is 89.3 Å². The SMILES string of the molecule is CCN1c2cc(F)ccc2N(C)C1CN. The molecule has 1 aliphatic heterocycles. The highest BCUT2D eigenvalue weighted by Crippen LogP contribution is 2.38. The number of hydrogen-bond acceptors (Lipinski definition) is 3. The van der Waals surface area contributed by atoms with Gasteiger partial charge in [-0.25, -0.2) is 4.39 Å². The summed E-state index contributed by atoms with van der Waals surface area (Å²) >= 11 is 0. The monoisotopic (exact) mass is 209 g/mol. The molecular weight excluding hydrogens is 193 g/mol. The molecule has 1 unspecified atom stereocenters. The van der Waals surface area contributed by atoms with Crippen molar-refractivity contribution >= 4 is 11.4 Å². The molecule has 0 saturated heterocycles. The second-order valence-electron chi connectivity index (χ2n) is 3.75. The minimum absolute atomic E-state index is 0.145. The molecule has 2 rings (SSSR count). The van der Waals surface area contributed by atoms with Crippen LogP contribution in [0.1, 0.15) is 6.92 Å². The van der Waals surface area contributed by atoms with Crippen LogP contribution in [-0.4, -0.2) is 26.3 Å². The fourth-order valence-corrected chi connectivity index (χ4v) is 2.22. The first-order valence-corrected chi connectivity index (χ1v) is 5.18. The van der Waals surface area contributed by atoms with Gasteiger partial charge >= 0.3 is 0 Å². The number of halogens is 1. The lowest BCUT2D eigenvalue weighted by Crippen LogP contribution is -2.46. The van der Waals surface area contributed by atoms with Gasteiger partial charge in [0, 0.05) is 20.1 Å². The molecule has 0 spiro atoms. The van der Waals surface area contributed by atoms with E-state index < -0.39 is 0 Å². The average Bonchev–Trinajstić information content (AvgIpc) is 2.50. The zero-order valence-corrected chi connectivity index (χ0v) is 9.07. The molecule has 1 aliphatic rings. The van der Waals surface area contributed by atoms with Gasteiger partial charge in [0.1, 0.15) is 12.0 Å². The largest absolute Gasteiger partial charge is 0.351 e. The lowest BCUT2D eigenvalue weighted by atomic mass is 10.2. The Kier molecular flexibility index (Phi) is 2.52. The van der Waals surface area contributed by atoms with Crippen molar-refractivity contribution in [1.82, 2.24) is 0 Å². The van der Waals surface area contributed by atoms with Gasteiger partial charge in [-0.3, -0.25) is 0 Å². The third kappa shape index (κ3) is 1.45. The topological polar surface area (TPSA) is 32.5 Å².